The van der Waals surface area contributed by atoms with Crippen molar-refractivity contribution in [3.8, 4) is 0 Å². The standard InChI is InChI=1S/C19H24N6O/c26-17(14-6-2-1-3-7-14)25-13-4-8-16(25)15-9-12-22-19(23-15)24-18-20-10-5-11-21-18/h5,9-12,14,16H,1-4,6-8,13H2,(H,20,21,22,23,24)/t16-/m1/s1. The molecule has 0 aromatic carbocycles. The van der Waals surface area contributed by atoms with Gasteiger partial charge in [0.05, 0.1) is 11.7 Å². The Morgan fingerprint density at radius 2 is 1.73 bits per heavy atom. The smallest absolute Gasteiger partial charge is 0.229 e. The van der Waals surface area contributed by atoms with Crippen LogP contribution in [0.15, 0.2) is 30.7 Å². The van der Waals surface area contributed by atoms with Crippen LogP contribution in [0.4, 0.5) is 11.9 Å². The second-order valence-corrected chi connectivity index (χ2v) is 7.03. The van der Waals surface area contributed by atoms with E-state index in [-0.39, 0.29) is 12.0 Å². The molecule has 26 heavy (non-hydrogen) atoms. The third-order valence-electron chi connectivity index (χ3n) is 5.30. The van der Waals surface area contributed by atoms with Crippen molar-refractivity contribution in [2.24, 2.45) is 5.92 Å². The molecule has 2 aromatic rings. The van der Waals surface area contributed by atoms with Crippen LogP contribution in [-0.4, -0.2) is 37.3 Å². The quantitative estimate of drug-likeness (QED) is 0.909. The van der Waals surface area contributed by atoms with E-state index in [2.05, 4.69) is 25.3 Å². The molecular weight excluding hydrogens is 328 g/mol. The minimum atomic E-state index is 0.0460. The van der Waals surface area contributed by atoms with Crippen LogP contribution in [0.1, 0.15) is 56.7 Å². The van der Waals surface area contributed by atoms with E-state index in [0.29, 0.717) is 17.8 Å². The molecular formula is C19H24N6O. The summed E-state index contributed by atoms with van der Waals surface area (Å²) in [7, 11) is 0. The summed E-state index contributed by atoms with van der Waals surface area (Å²) in [5, 5.41) is 3.03. The first-order chi connectivity index (χ1) is 12.8. The van der Waals surface area contributed by atoms with Crippen LogP contribution in [0.25, 0.3) is 0 Å². The number of hydrogen-bond donors (Lipinski definition) is 1. The van der Waals surface area contributed by atoms with E-state index >= 15 is 0 Å². The Labute approximate surface area is 153 Å². The Morgan fingerprint density at radius 3 is 2.54 bits per heavy atom. The molecule has 1 saturated carbocycles. The van der Waals surface area contributed by atoms with Crippen molar-refractivity contribution in [1.29, 1.82) is 0 Å². The second-order valence-electron chi connectivity index (χ2n) is 7.03. The maximum absolute atomic E-state index is 13.0. The van der Waals surface area contributed by atoms with Crippen molar-refractivity contribution in [1.82, 2.24) is 24.8 Å². The molecule has 3 heterocycles. The number of likely N-dealkylation sites (tertiary alicyclic amines) is 1. The number of anilines is 2. The highest BCUT2D eigenvalue weighted by molar-refractivity contribution is 5.79. The number of nitrogens with zero attached hydrogens (tertiary/aromatic N) is 5. The van der Waals surface area contributed by atoms with Crippen LogP contribution in [0.2, 0.25) is 0 Å². The average Bonchev–Trinajstić information content (AvgIpc) is 3.19. The zero-order valence-corrected chi connectivity index (χ0v) is 14.8. The van der Waals surface area contributed by atoms with Crippen LogP contribution >= 0.6 is 0 Å². The molecule has 1 atom stereocenters. The molecule has 0 bridgehead atoms. The molecule has 0 unspecified atom stereocenters. The average molecular weight is 352 g/mol. The lowest BCUT2D eigenvalue weighted by atomic mass is 9.88. The van der Waals surface area contributed by atoms with Crippen LogP contribution in [0.3, 0.4) is 0 Å². The summed E-state index contributed by atoms with van der Waals surface area (Å²) in [6.45, 7) is 0.828. The summed E-state index contributed by atoms with van der Waals surface area (Å²) in [4.78, 5) is 32.2. The van der Waals surface area contributed by atoms with Crippen LogP contribution in [0.5, 0.6) is 0 Å². The first-order valence-corrected chi connectivity index (χ1v) is 9.49. The highest BCUT2D eigenvalue weighted by Crippen LogP contribution is 2.35. The predicted molar refractivity (Wildman–Crippen MR) is 97.6 cm³/mol. The second kappa shape index (κ2) is 7.76. The molecule has 1 aliphatic carbocycles. The van der Waals surface area contributed by atoms with Crippen molar-refractivity contribution in [3.05, 3.63) is 36.4 Å². The summed E-state index contributed by atoms with van der Waals surface area (Å²) in [6, 6.07) is 3.72. The highest BCUT2D eigenvalue weighted by atomic mass is 16.2. The van der Waals surface area contributed by atoms with Crippen LogP contribution in [-0.2, 0) is 4.79 Å². The molecule has 1 aliphatic heterocycles. The van der Waals surface area contributed by atoms with Gasteiger partial charge in [-0.15, -0.1) is 0 Å². The van der Waals surface area contributed by atoms with Gasteiger partial charge in [0.15, 0.2) is 0 Å². The van der Waals surface area contributed by atoms with Gasteiger partial charge in [-0.25, -0.2) is 19.9 Å². The van der Waals surface area contributed by atoms with Crippen molar-refractivity contribution in [2.75, 3.05) is 11.9 Å². The molecule has 7 heteroatoms. The van der Waals surface area contributed by atoms with Crippen LogP contribution < -0.4 is 5.32 Å². The lowest BCUT2D eigenvalue weighted by Gasteiger charge is -2.30. The highest BCUT2D eigenvalue weighted by Gasteiger charge is 2.35. The topological polar surface area (TPSA) is 83.9 Å². The van der Waals surface area contributed by atoms with Gasteiger partial charge in [0, 0.05) is 31.1 Å². The summed E-state index contributed by atoms with van der Waals surface area (Å²) >= 11 is 0. The van der Waals surface area contributed by atoms with E-state index in [4.69, 9.17) is 0 Å². The number of carbonyl (C=O) groups excluding carboxylic acids is 1. The molecule has 4 rings (SSSR count). The number of rotatable bonds is 4. The predicted octanol–water partition coefficient (Wildman–Crippen LogP) is 3.25. The molecule has 0 radical (unpaired) electrons. The Morgan fingerprint density at radius 1 is 0.962 bits per heavy atom. The molecule has 1 saturated heterocycles. The van der Waals surface area contributed by atoms with Crippen molar-refractivity contribution < 1.29 is 4.79 Å². The van der Waals surface area contributed by atoms with Gasteiger partial charge in [-0.2, -0.15) is 0 Å². The van der Waals surface area contributed by atoms with E-state index in [1.54, 1.807) is 24.7 Å². The fourth-order valence-corrected chi connectivity index (χ4v) is 4.00. The number of aromatic nitrogens is 4. The Bertz CT molecular complexity index is 747. The van der Waals surface area contributed by atoms with E-state index < -0.39 is 0 Å². The SMILES string of the molecule is O=C(C1CCCCC1)N1CCC[C@@H]1c1ccnc(Nc2ncccn2)n1. The number of nitrogens with one attached hydrogen (secondary N) is 1. The first kappa shape index (κ1) is 16.9. The Kier molecular flexibility index (Phi) is 5.04. The zero-order chi connectivity index (χ0) is 17.8. The molecule has 1 N–H and O–H groups in total. The maximum atomic E-state index is 13.0. The van der Waals surface area contributed by atoms with Crippen LogP contribution in [0, 0.1) is 5.92 Å². The van der Waals surface area contributed by atoms with Gasteiger partial charge in [-0.3, -0.25) is 10.1 Å². The maximum Gasteiger partial charge on any atom is 0.229 e. The van der Waals surface area contributed by atoms with E-state index in [0.717, 1.165) is 37.9 Å². The van der Waals surface area contributed by atoms with Gasteiger partial charge in [0.1, 0.15) is 0 Å². The van der Waals surface area contributed by atoms with Crippen molar-refractivity contribution >= 4 is 17.8 Å². The van der Waals surface area contributed by atoms with Gasteiger partial charge < -0.3 is 4.90 Å². The third kappa shape index (κ3) is 3.66. The number of amides is 1. The number of hydrogen-bond acceptors (Lipinski definition) is 6. The van der Waals surface area contributed by atoms with Gasteiger partial charge in [-0.1, -0.05) is 19.3 Å². The van der Waals surface area contributed by atoms with Gasteiger partial charge in [0.25, 0.3) is 0 Å². The van der Waals surface area contributed by atoms with Crippen molar-refractivity contribution in [2.45, 2.75) is 51.0 Å². The summed E-state index contributed by atoms with van der Waals surface area (Å²) < 4.78 is 0. The lowest BCUT2D eigenvalue weighted by molar-refractivity contribution is -0.137. The van der Waals surface area contributed by atoms with Gasteiger partial charge in [0.2, 0.25) is 17.8 Å². The van der Waals surface area contributed by atoms with Gasteiger partial charge >= 0.3 is 0 Å². The summed E-state index contributed by atoms with van der Waals surface area (Å²) in [5.41, 5.74) is 0.889. The minimum Gasteiger partial charge on any atom is -0.334 e. The molecule has 136 valence electrons. The Balaban J connectivity index is 1.50. The largest absolute Gasteiger partial charge is 0.334 e. The molecule has 1 amide bonds. The molecule has 2 fully saturated rings. The molecule has 0 spiro atoms. The van der Waals surface area contributed by atoms with E-state index in [1.165, 1.54) is 19.3 Å². The first-order valence-electron chi connectivity index (χ1n) is 9.49. The fraction of sp³-hybridized carbons (Fsp3) is 0.526. The Hall–Kier alpha value is -2.57. The molecule has 2 aliphatic rings. The molecule has 7 nitrogen and oxygen atoms in total. The monoisotopic (exact) mass is 352 g/mol. The summed E-state index contributed by atoms with van der Waals surface area (Å²) in [6.07, 6.45) is 12.7. The summed E-state index contributed by atoms with van der Waals surface area (Å²) in [5.74, 6) is 1.44. The lowest BCUT2D eigenvalue weighted by Crippen LogP contribution is -2.36. The normalized spacial score (nSPS) is 20.9. The van der Waals surface area contributed by atoms with Crippen molar-refractivity contribution in [3.63, 3.8) is 0 Å². The zero-order valence-electron chi connectivity index (χ0n) is 14.8. The molecule has 2 aromatic heterocycles. The third-order valence-corrected chi connectivity index (χ3v) is 5.30. The van der Waals surface area contributed by atoms with Gasteiger partial charge in [-0.05, 0) is 37.8 Å². The van der Waals surface area contributed by atoms with E-state index in [1.807, 2.05) is 11.0 Å². The minimum absolute atomic E-state index is 0.0460. The van der Waals surface area contributed by atoms with E-state index in [9.17, 15) is 4.79 Å². The fourth-order valence-electron chi connectivity index (χ4n) is 4.00. The number of carbonyl (C=O) groups is 1.